The van der Waals surface area contributed by atoms with Gasteiger partial charge in [-0.2, -0.15) is 5.10 Å². The topological polar surface area (TPSA) is 59.0 Å². The maximum absolute atomic E-state index is 11.1. The number of anilines is 1. The molecule has 1 aliphatic rings. The number of amides is 1. The van der Waals surface area contributed by atoms with Gasteiger partial charge in [0.25, 0.3) is 0 Å². The molecule has 1 fully saturated rings. The predicted octanol–water partition coefficient (Wildman–Crippen LogP) is 2.73. The first kappa shape index (κ1) is 14.6. The molecule has 2 N–H and O–H groups in total. The lowest BCUT2D eigenvalue weighted by Gasteiger charge is -2.30. The molecular formula is C17H22N4O. The molecule has 1 aliphatic carbocycles. The number of aromatic nitrogens is 2. The molecule has 1 heterocycles. The number of nitrogens with zero attached hydrogens (tertiary/aromatic N) is 2. The zero-order valence-corrected chi connectivity index (χ0v) is 12.8. The van der Waals surface area contributed by atoms with Crippen LogP contribution in [-0.4, -0.2) is 27.8 Å². The van der Waals surface area contributed by atoms with Crippen molar-refractivity contribution in [1.82, 2.24) is 15.1 Å². The van der Waals surface area contributed by atoms with Crippen LogP contribution in [0.3, 0.4) is 0 Å². The highest BCUT2D eigenvalue weighted by Crippen LogP contribution is 2.23. The predicted molar refractivity (Wildman–Crippen MR) is 87.0 cm³/mol. The van der Waals surface area contributed by atoms with Gasteiger partial charge in [0.15, 0.2) is 0 Å². The van der Waals surface area contributed by atoms with E-state index in [-0.39, 0.29) is 5.91 Å². The van der Waals surface area contributed by atoms with Crippen LogP contribution in [0.25, 0.3) is 5.69 Å². The third kappa shape index (κ3) is 3.67. The lowest BCUT2D eigenvalue weighted by molar-refractivity contribution is -0.119. The number of nitrogens with one attached hydrogen (secondary N) is 2. The summed E-state index contributed by atoms with van der Waals surface area (Å²) in [6, 6.07) is 11.0. The maximum Gasteiger partial charge on any atom is 0.217 e. The van der Waals surface area contributed by atoms with Crippen LogP contribution < -0.4 is 10.6 Å². The van der Waals surface area contributed by atoms with E-state index in [0.29, 0.717) is 12.1 Å². The zero-order valence-electron chi connectivity index (χ0n) is 12.8. The number of carbonyl (C=O) groups is 1. The average molecular weight is 298 g/mol. The summed E-state index contributed by atoms with van der Waals surface area (Å²) < 4.78 is 1.86. The third-order valence-electron chi connectivity index (χ3n) is 4.12. The van der Waals surface area contributed by atoms with Gasteiger partial charge in [0.05, 0.1) is 5.69 Å². The van der Waals surface area contributed by atoms with Crippen molar-refractivity contribution in [3.8, 4) is 5.69 Å². The largest absolute Gasteiger partial charge is 0.382 e. The molecule has 5 heteroatoms. The van der Waals surface area contributed by atoms with E-state index >= 15 is 0 Å². The van der Waals surface area contributed by atoms with Crippen molar-refractivity contribution in [2.45, 2.75) is 44.7 Å². The van der Waals surface area contributed by atoms with Gasteiger partial charge in [-0.25, -0.2) is 4.68 Å². The van der Waals surface area contributed by atoms with Crippen LogP contribution in [0.15, 0.2) is 42.7 Å². The number of rotatable bonds is 4. The standard InChI is InChI=1S/C17H22N4O/c1-13(22)19-14-6-8-15(9-7-14)20-16-4-2-5-17(12-16)21-11-3-10-18-21/h2-5,10-12,14-15,20H,6-9H2,1H3,(H,19,22). The van der Waals surface area contributed by atoms with Gasteiger partial charge in [0, 0.05) is 37.1 Å². The lowest BCUT2D eigenvalue weighted by Crippen LogP contribution is -2.39. The lowest BCUT2D eigenvalue weighted by atomic mass is 9.91. The van der Waals surface area contributed by atoms with E-state index < -0.39 is 0 Å². The second-order valence-corrected chi connectivity index (χ2v) is 5.89. The number of benzene rings is 1. The molecule has 1 amide bonds. The Morgan fingerprint density at radius 3 is 2.64 bits per heavy atom. The van der Waals surface area contributed by atoms with Crippen molar-refractivity contribution in [3.05, 3.63) is 42.7 Å². The summed E-state index contributed by atoms with van der Waals surface area (Å²) in [5, 5.41) is 10.9. The second kappa shape index (κ2) is 6.64. The molecule has 0 atom stereocenters. The first-order chi connectivity index (χ1) is 10.7. The molecule has 2 aromatic rings. The Morgan fingerprint density at radius 2 is 1.95 bits per heavy atom. The smallest absolute Gasteiger partial charge is 0.217 e. The van der Waals surface area contributed by atoms with Gasteiger partial charge in [0.2, 0.25) is 5.91 Å². The molecule has 0 radical (unpaired) electrons. The minimum atomic E-state index is 0.0725. The summed E-state index contributed by atoms with van der Waals surface area (Å²) in [5.74, 6) is 0.0725. The highest BCUT2D eigenvalue weighted by atomic mass is 16.1. The molecule has 1 aromatic carbocycles. The van der Waals surface area contributed by atoms with Crippen LogP contribution in [0, 0.1) is 0 Å². The molecule has 116 valence electrons. The minimum absolute atomic E-state index is 0.0725. The van der Waals surface area contributed by atoms with E-state index in [1.807, 2.05) is 29.1 Å². The summed E-state index contributed by atoms with van der Waals surface area (Å²) in [6.07, 6.45) is 7.96. The highest BCUT2D eigenvalue weighted by molar-refractivity contribution is 5.73. The van der Waals surface area contributed by atoms with Crippen LogP contribution in [0.5, 0.6) is 0 Å². The van der Waals surface area contributed by atoms with Crippen LogP contribution in [0.4, 0.5) is 5.69 Å². The Morgan fingerprint density at radius 1 is 1.18 bits per heavy atom. The highest BCUT2D eigenvalue weighted by Gasteiger charge is 2.21. The van der Waals surface area contributed by atoms with E-state index in [1.54, 1.807) is 13.1 Å². The van der Waals surface area contributed by atoms with E-state index in [4.69, 9.17) is 0 Å². The van der Waals surface area contributed by atoms with Crippen LogP contribution in [0.1, 0.15) is 32.6 Å². The van der Waals surface area contributed by atoms with Crippen molar-refractivity contribution in [3.63, 3.8) is 0 Å². The summed E-state index contributed by atoms with van der Waals surface area (Å²) >= 11 is 0. The molecule has 0 aliphatic heterocycles. The quantitative estimate of drug-likeness (QED) is 0.912. The Bertz CT molecular complexity index is 615. The minimum Gasteiger partial charge on any atom is -0.382 e. The number of carbonyl (C=O) groups excluding carboxylic acids is 1. The van der Waals surface area contributed by atoms with E-state index in [2.05, 4.69) is 27.9 Å². The summed E-state index contributed by atoms with van der Waals surface area (Å²) in [5.41, 5.74) is 2.18. The fourth-order valence-corrected chi connectivity index (χ4v) is 3.06. The fraction of sp³-hybridized carbons (Fsp3) is 0.412. The van der Waals surface area contributed by atoms with Gasteiger partial charge in [-0.1, -0.05) is 6.07 Å². The molecule has 0 spiro atoms. The van der Waals surface area contributed by atoms with Crippen LogP contribution in [0.2, 0.25) is 0 Å². The molecule has 5 nitrogen and oxygen atoms in total. The molecular weight excluding hydrogens is 276 g/mol. The Hall–Kier alpha value is -2.30. The third-order valence-corrected chi connectivity index (χ3v) is 4.12. The maximum atomic E-state index is 11.1. The molecule has 3 rings (SSSR count). The van der Waals surface area contributed by atoms with Crippen molar-refractivity contribution in [1.29, 1.82) is 0 Å². The van der Waals surface area contributed by atoms with Crippen molar-refractivity contribution in [2.24, 2.45) is 0 Å². The molecule has 0 saturated heterocycles. The van der Waals surface area contributed by atoms with Crippen molar-refractivity contribution < 1.29 is 4.79 Å². The van der Waals surface area contributed by atoms with Crippen LogP contribution >= 0.6 is 0 Å². The van der Waals surface area contributed by atoms with E-state index in [9.17, 15) is 4.79 Å². The zero-order chi connectivity index (χ0) is 15.4. The Labute approximate surface area is 130 Å². The molecule has 22 heavy (non-hydrogen) atoms. The molecule has 1 aromatic heterocycles. The SMILES string of the molecule is CC(=O)NC1CCC(Nc2cccc(-n3cccn3)c2)CC1. The number of hydrogen-bond acceptors (Lipinski definition) is 3. The van der Waals surface area contributed by atoms with Crippen molar-refractivity contribution in [2.75, 3.05) is 5.32 Å². The summed E-state index contributed by atoms with van der Waals surface area (Å²) in [7, 11) is 0. The number of hydrogen-bond donors (Lipinski definition) is 2. The molecule has 0 unspecified atom stereocenters. The summed E-state index contributed by atoms with van der Waals surface area (Å²) in [4.78, 5) is 11.1. The fourth-order valence-electron chi connectivity index (χ4n) is 3.06. The van der Waals surface area contributed by atoms with Gasteiger partial charge < -0.3 is 10.6 Å². The van der Waals surface area contributed by atoms with E-state index in [0.717, 1.165) is 37.1 Å². The molecule has 0 bridgehead atoms. The van der Waals surface area contributed by atoms with Gasteiger partial charge in [-0.05, 0) is 49.9 Å². The molecule has 1 saturated carbocycles. The monoisotopic (exact) mass is 298 g/mol. The van der Waals surface area contributed by atoms with Gasteiger partial charge in [0.1, 0.15) is 0 Å². The second-order valence-electron chi connectivity index (χ2n) is 5.89. The Kier molecular flexibility index (Phi) is 4.42. The normalized spacial score (nSPS) is 21.3. The first-order valence-electron chi connectivity index (χ1n) is 7.84. The first-order valence-corrected chi connectivity index (χ1v) is 7.84. The average Bonchev–Trinajstić information content (AvgIpc) is 3.03. The van der Waals surface area contributed by atoms with Gasteiger partial charge in [-0.15, -0.1) is 0 Å². The van der Waals surface area contributed by atoms with E-state index in [1.165, 1.54) is 0 Å². The Balaban J connectivity index is 1.58. The van der Waals surface area contributed by atoms with Gasteiger partial charge in [-0.3, -0.25) is 4.79 Å². The summed E-state index contributed by atoms with van der Waals surface area (Å²) in [6.45, 7) is 1.59. The van der Waals surface area contributed by atoms with Gasteiger partial charge >= 0.3 is 0 Å². The van der Waals surface area contributed by atoms with Crippen LogP contribution in [-0.2, 0) is 4.79 Å². The van der Waals surface area contributed by atoms with Crippen molar-refractivity contribution >= 4 is 11.6 Å².